The van der Waals surface area contributed by atoms with E-state index >= 15 is 0 Å². The zero-order chi connectivity index (χ0) is 11.4. The van der Waals surface area contributed by atoms with Crippen molar-refractivity contribution in [1.29, 1.82) is 0 Å². The first-order valence-corrected chi connectivity index (χ1v) is 5.30. The Balaban J connectivity index is 3.15. The van der Waals surface area contributed by atoms with Crippen LogP contribution in [0.1, 0.15) is 34.2 Å². The number of carbonyl (C=O) groups excluding carboxylic acids is 1. The second-order valence-electron chi connectivity index (χ2n) is 3.68. The van der Waals surface area contributed by atoms with Gasteiger partial charge in [0.2, 0.25) is 0 Å². The first-order chi connectivity index (χ1) is 7.17. The number of nitrogens with zero attached hydrogens (tertiary/aromatic N) is 1. The summed E-state index contributed by atoms with van der Waals surface area (Å²) in [5, 5.41) is 0. The Hall–Kier alpha value is -1.09. The number of ether oxygens (including phenoxy) is 1. The molecular formula is C12H19NO2. The van der Waals surface area contributed by atoms with E-state index in [1.807, 2.05) is 6.92 Å². The highest BCUT2D eigenvalue weighted by Crippen LogP contribution is 2.21. The Bertz CT molecular complexity index is 353. The largest absolute Gasteiger partial charge is 0.383 e. The van der Waals surface area contributed by atoms with Crippen LogP contribution in [0.2, 0.25) is 0 Å². The lowest BCUT2D eigenvalue weighted by Gasteiger charge is -2.08. The number of hydrogen-bond acceptors (Lipinski definition) is 2. The molecule has 0 unspecified atom stereocenters. The van der Waals surface area contributed by atoms with Crippen molar-refractivity contribution in [2.75, 3.05) is 13.7 Å². The van der Waals surface area contributed by atoms with E-state index in [0.717, 1.165) is 30.5 Å². The van der Waals surface area contributed by atoms with Crippen LogP contribution in [0, 0.1) is 13.8 Å². The van der Waals surface area contributed by atoms with Gasteiger partial charge in [-0.2, -0.15) is 0 Å². The molecule has 0 spiro atoms. The summed E-state index contributed by atoms with van der Waals surface area (Å²) in [5.41, 5.74) is 4.26. The number of methoxy groups -OCH3 is 1. The molecule has 0 amide bonds. The monoisotopic (exact) mass is 209 g/mol. The van der Waals surface area contributed by atoms with Gasteiger partial charge in [-0.15, -0.1) is 0 Å². The lowest BCUT2D eigenvalue weighted by molar-refractivity contribution is 0.112. The molecule has 0 fully saturated rings. The standard InChI is InChI=1S/C12H19NO2/c1-5-11-9(2)13(6-7-15-4)10(3)12(11)8-14/h8H,5-7H2,1-4H3. The lowest BCUT2D eigenvalue weighted by atomic mass is 10.1. The molecule has 1 rings (SSSR count). The molecule has 0 atom stereocenters. The van der Waals surface area contributed by atoms with E-state index in [1.54, 1.807) is 7.11 Å². The van der Waals surface area contributed by atoms with Crippen LogP contribution in [0.3, 0.4) is 0 Å². The van der Waals surface area contributed by atoms with Gasteiger partial charge in [0.05, 0.1) is 6.61 Å². The second-order valence-corrected chi connectivity index (χ2v) is 3.68. The van der Waals surface area contributed by atoms with Crippen molar-refractivity contribution >= 4 is 6.29 Å². The maximum Gasteiger partial charge on any atom is 0.152 e. The highest BCUT2D eigenvalue weighted by Gasteiger charge is 2.14. The zero-order valence-electron chi connectivity index (χ0n) is 9.96. The van der Waals surface area contributed by atoms with Crippen LogP contribution in [-0.2, 0) is 17.7 Å². The van der Waals surface area contributed by atoms with Crippen molar-refractivity contribution in [3.8, 4) is 0 Å². The molecule has 0 aromatic carbocycles. The predicted octanol–water partition coefficient (Wildman–Crippen LogP) is 2.13. The Morgan fingerprint density at radius 3 is 2.40 bits per heavy atom. The number of aldehydes is 1. The molecule has 0 radical (unpaired) electrons. The molecule has 1 heterocycles. The quantitative estimate of drug-likeness (QED) is 0.696. The number of hydrogen-bond donors (Lipinski definition) is 0. The van der Waals surface area contributed by atoms with Gasteiger partial charge >= 0.3 is 0 Å². The molecule has 0 aliphatic heterocycles. The Kier molecular flexibility index (Phi) is 4.09. The van der Waals surface area contributed by atoms with E-state index < -0.39 is 0 Å². The Morgan fingerprint density at radius 2 is 2.00 bits per heavy atom. The normalized spacial score (nSPS) is 10.7. The molecule has 0 saturated heterocycles. The molecule has 0 bridgehead atoms. The number of aromatic nitrogens is 1. The fourth-order valence-electron chi connectivity index (χ4n) is 2.09. The maximum atomic E-state index is 11.0. The molecule has 0 aliphatic rings. The predicted molar refractivity (Wildman–Crippen MR) is 60.5 cm³/mol. The van der Waals surface area contributed by atoms with Crippen LogP contribution in [0.25, 0.3) is 0 Å². The topological polar surface area (TPSA) is 31.2 Å². The van der Waals surface area contributed by atoms with Crippen molar-refractivity contribution in [2.45, 2.75) is 33.7 Å². The third kappa shape index (κ3) is 2.12. The van der Waals surface area contributed by atoms with Crippen LogP contribution in [0.4, 0.5) is 0 Å². The molecule has 1 aromatic rings. The second kappa shape index (κ2) is 5.12. The summed E-state index contributed by atoms with van der Waals surface area (Å²) >= 11 is 0. The van der Waals surface area contributed by atoms with Gasteiger partial charge in [-0.3, -0.25) is 4.79 Å². The van der Waals surface area contributed by atoms with Crippen molar-refractivity contribution in [3.05, 3.63) is 22.5 Å². The van der Waals surface area contributed by atoms with E-state index in [1.165, 1.54) is 11.3 Å². The third-order valence-corrected chi connectivity index (χ3v) is 2.95. The molecule has 0 N–H and O–H groups in total. The van der Waals surface area contributed by atoms with Gasteiger partial charge in [-0.25, -0.2) is 0 Å². The minimum atomic E-state index is 0.678. The fraction of sp³-hybridized carbons (Fsp3) is 0.583. The molecule has 0 aliphatic carbocycles. The summed E-state index contributed by atoms with van der Waals surface area (Å²) in [6, 6.07) is 0. The van der Waals surface area contributed by atoms with Crippen LogP contribution >= 0.6 is 0 Å². The average Bonchev–Trinajstić information content (AvgIpc) is 2.47. The van der Waals surface area contributed by atoms with Gasteiger partial charge in [0.15, 0.2) is 6.29 Å². The summed E-state index contributed by atoms with van der Waals surface area (Å²) in [5.74, 6) is 0. The Morgan fingerprint density at radius 1 is 1.33 bits per heavy atom. The SMILES string of the molecule is CCc1c(C=O)c(C)n(CCOC)c1C. The molecular weight excluding hydrogens is 190 g/mol. The summed E-state index contributed by atoms with van der Waals surface area (Å²) in [6.45, 7) is 7.63. The van der Waals surface area contributed by atoms with E-state index in [0.29, 0.717) is 6.61 Å². The van der Waals surface area contributed by atoms with E-state index in [2.05, 4.69) is 18.4 Å². The van der Waals surface area contributed by atoms with Crippen molar-refractivity contribution in [1.82, 2.24) is 4.57 Å². The van der Waals surface area contributed by atoms with Gasteiger partial charge in [0, 0.05) is 30.6 Å². The summed E-state index contributed by atoms with van der Waals surface area (Å²) < 4.78 is 7.22. The highest BCUT2D eigenvalue weighted by molar-refractivity contribution is 5.80. The van der Waals surface area contributed by atoms with Crippen LogP contribution in [0.5, 0.6) is 0 Å². The first-order valence-electron chi connectivity index (χ1n) is 5.30. The first kappa shape index (κ1) is 12.0. The minimum Gasteiger partial charge on any atom is -0.383 e. The maximum absolute atomic E-state index is 11.0. The zero-order valence-corrected chi connectivity index (χ0v) is 9.96. The number of rotatable bonds is 5. The van der Waals surface area contributed by atoms with E-state index in [9.17, 15) is 4.79 Å². The number of carbonyl (C=O) groups is 1. The van der Waals surface area contributed by atoms with Gasteiger partial charge in [0.1, 0.15) is 0 Å². The Labute approximate surface area is 91.0 Å². The van der Waals surface area contributed by atoms with Crippen LogP contribution < -0.4 is 0 Å². The molecule has 84 valence electrons. The minimum absolute atomic E-state index is 0.678. The molecule has 15 heavy (non-hydrogen) atoms. The molecule has 1 aromatic heterocycles. The molecule has 3 heteroatoms. The average molecular weight is 209 g/mol. The third-order valence-electron chi connectivity index (χ3n) is 2.95. The smallest absolute Gasteiger partial charge is 0.152 e. The lowest BCUT2D eigenvalue weighted by Crippen LogP contribution is -2.07. The van der Waals surface area contributed by atoms with Crippen LogP contribution in [-0.4, -0.2) is 24.6 Å². The van der Waals surface area contributed by atoms with E-state index in [-0.39, 0.29) is 0 Å². The van der Waals surface area contributed by atoms with E-state index in [4.69, 9.17) is 4.74 Å². The van der Waals surface area contributed by atoms with Gasteiger partial charge in [0.25, 0.3) is 0 Å². The highest BCUT2D eigenvalue weighted by atomic mass is 16.5. The summed E-state index contributed by atoms with van der Waals surface area (Å²) in [6.07, 6.45) is 1.87. The molecule has 3 nitrogen and oxygen atoms in total. The van der Waals surface area contributed by atoms with Gasteiger partial charge < -0.3 is 9.30 Å². The van der Waals surface area contributed by atoms with Crippen molar-refractivity contribution < 1.29 is 9.53 Å². The molecule has 0 saturated carbocycles. The fourth-order valence-corrected chi connectivity index (χ4v) is 2.09. The van der Waals surface area contributed by atoms with Gasteiger partial charge in [-0.05, 0) is 25.8 Å². The van der Waals surface area contributed by atoms with Crippen molar-refractivity contribution in [2.24, 2.45) is 0 Å². The van der Waals surface area contributed by atoms with Gasteiger partial charge in [-0.1, -0.05) is 6.92 Å². The van der Waals surface area contributed by atoms with Crippen molar-refractivity contribution in [3.63, 3.8) is 0 Å². The summed E-state index contributed by atoms with van der Waals surface area (Å²) in [7, 11) is 1.69. The summed E-state index contributed by atoms with van der Waals surface area (Å²) in [4.78, 5) is 11.0. The van der Waals surface area contributed by atoms with Crippen LogP contribution in [0.15, 0.2) is 0 Å².